The topological polar surface area (TPSA) is 71.8 Å². The smallest absolute Gasteiger partial charge is 0.310 e. The number of imidazole rings is 1. The third-order valence-electron chi connectivity index (χ3n) is 5.27. The average Bonchev–Trinajstić information content (AvgIpc) is 3.21. The molecule has 1 fully saturated rings. The van der Waals surface area contributed by atoms with Crippen LogP contribution in [0.2, 0.25) is 0 Å². The molecule has 1 aromatic carbocycles. The van der Waals surface area contributed by atoms with Crippen molar-refractivity contribution in [1.29, 1.82) is 0 Å². The van der Waals surface area contributed by atoms with Crippen LogP contribution in [-0.2, 0) is 22.5 Å². The standard InChI is InChI=1S/C23H33N5O2/c1-3-24-23(28-15-8-11-20(18-28)22(29)30-4-2)26-13-12-21-25-14-16-27(21)17-19-9-6-5-7-10-19/h5-7,9-10,14,16,20H,3-4,8,11-13,15,17-18H2,1-2H3,(H,24,26). The van der Waals surface area contributed by atoms with E-state index < -0.39 is 0 Å². The van der Waals surface area contributed by atoms with Crippen LogP contribution in [0.5, 0.6) is 0 Å². The molecule has 0 spiro atoms. The Kier molecular flexibility index (Phi) is 8.30. The molecule has 1 aromatic heterocycles. The number of ether oxygens (including phenoxy) is 1. The van der Waals surface area contributed by atoms with Gasteiger partial charge in [-0.25, -0.2) is 4.98 Å². The number of guanidine groups is 1. The van der Waals surface area contributed by atoms with Gasteiger partial charge in [0.25, 0.3) is 0 Å². The Balaban J connectivity index is 1.60. The van der Waals surface area contributed by atoms with Gasteiger partial charge in [-0.05, 0) is 32.3 Å². The quantitative estimate of drug-likeness (QED) is 0.411. The Morgan fingerprint density at radius 3 is 2.90 bits per heavy atom. The third-order valence-corrected chi connectivity index (χ3v) is 5.27. The van der Waals surface area contributed by atoms with Crippen molar-refractivity contribution in [2.24, 2.45) is 10.9 Å². The van der Waals surface area contributed by atoms with Crippen molar-refractivity contribution < 1.29 is 9.53 Å². The van der Waals surface area contributed by atoms with E-state index in [0.717, 1.165) is 50.7 Å². The summed E-state index contributed by atoms with van der Waals surface area (Å²) >= 11 is 0. The van der Waals surface area contributed by atoms with Crippen LogP contribution in [0.25, 0.3) is 0 Å². The normalized spacial score (nSPS) is 17.1. The molecule has 1 aliphatic heterocycles. The predicted molar refractivity (Wildman–Crippen MR) is 118 cm³/mol. The first-order valence-electron chi connectivity index (χ1n) is 10.9. The summed E-state index contributed by atoms with van der Waals surface area (Å²) in [6, 6.07) is 10.4. The maximum absolute atomic E-state index is 12.2. The fourth-order valence-electron chi connectivity index (χ4n) is 3.80. The van der Waals surface area contributed by atoms with Gasteiger partial charge in [0.1, 0.15) is 5.82 Å². The van der Waals surface area contributed by atoms with E-state index in [-0.39, 0.29) is 11.9 Å². The van der Waals surface area contributed by atoms with Gasteiger partial charge in [-0.3, -0.25) is 9.79 Å². The number of carbonyl (C=O) groups excluding carboxylic acids is 1. The van der Waals surface area contributed by atoms with Crippen LogP contribution in [0.4, 0.5) is 0 Å². The van der Waals surface area contributed by atoms with Gasteiger partial charge in [-0.2, -0.15) is 0 Å². The molecule has 1 N–H and O–H groups in total. The number of hydrogen-bond donors (Lipinski definition) is 1. The Hall–Kier alpha value is -2.83. The van der Waals surface area contributed by atoms with Crippen LogP contribution < -0.4 is 5.32 Å². The van der Waals surface area contributed by atoms with Gasteiger partial charge in [-0.15, -0.1) is 0 Å². The molecule has 162 valence electrons. The molecule has 30 heavy (non-hydrogen) atoms. The zero-order chi connectivity index (χ0) is 21.2. The number of nitrogens with one attached hydrogen (secondary N) is 1. The fourth-order valence-corrected chi connectivity index (χ4v) is 3.80. The summed E-state index contributed by atoms with van der Waals surface area (Å²) in [4.78, 5) is 23.7. The van der Waals surface area contributed by atoms with Crippen molar-refractivity contribution in [1.82, 2.24) is 19.8 Å². The first-order valence-corrected chi connectivity index (χ1v) is 10.9. The molecule has 3 rings (SSSR count). The molecule has 2 heterocycles. The van der Waals surface area contributed by atoms with E-state index in [2.05, 4.69) is 51.0 Å². The van der Waals surface area contributed by atoms with E-state index in [4.69, 9.17) is 9.73 Å². The van der Waals surface area contributed by atoms with Crippen molar-refractivity contribution in [2.45, 2.75) is 39.7 Å². The first kappa shape index (κ1) is 21.9. The van der Waals surface area contributed by atoms with Crippen LogP contribution in [0.3, 0.4) is 0 Å². The van der Waals surface area contributed by atoms with Crippen molar-refractivity contribution in [3.63, 3.8) is 0 Å². The minimum Gasteiger partial charge on any atom is -0.466 e. The maximum Gasteiger partial charge on any atom is 0.310 e. The summed E-state index contributed by atoms with van der Waals surface area (Å²) < 4.78 is 7.40. The van der Waals surface area contributed by atoms with Gasteiger partial charge in [0.2, 0.25) is 0 Å². The van der Waals surface area contributed by atoms with Gasteiger partial charge >= 0.3 is 5.97 Å². The van der Waals surface area contributed by atoms with E-state index in [1.807, 2.05) is 25.4 Å². The number of benzene rings is 1. The number of likely N-dealkylation sites (tertiary alicyclic amines) is 1. The van der Waals surface area contributed by atoms with E-state index >= 15 is 0 Å². The van der Waals surface area contributed by atoms with Gasteiger partial charge in [-0.1, -0.05) is 30.3 Å². The van der Waals surface area contributed by atoms with Gasteiger partial charge < -0.3 is 19.5 Å². The summed E-state index contributed by atoms with van der Waals surface area (Å²) in [5.74, 6) is 1.72. The highest BCUT2D eigenvalue weighted by molar-refractivity contribution is 5.81. The molecule has 1 aliphatic rings. The Morgan fingerprint density at radius 2 is 2.13 bits per heavy atom. The highest BCUT2D eigenvalue weighted by Crippen LogP contribution is 2.18. The molecule has 7 heteroatoms. The summed E-state index contributed by atoms with van der Waals surface area (Å²) in [5.41, 5.74) is 1.26. The fraction of sp³-hybridized carbons (Fsp3) is 0.522. The molecule has 7 nitrogen and oxygen atoms in total. The zero-order valence-electron chi connectivity index (χ0n) is 18.1. The van der Waals surface area contributed by atoms with Gasteiger partial charge in [0.15, 0.2) is 5.96 Å². The lowest BCUT2D eigenvalue weighted by Gasteiger charge is -2.34. The van der Waals surface area contributed by atoms with E-state index in [0.29, 0.717) is 19.7 Å². The number of aromatic nitrogens is 2. The second-order valence-corrected chi connectivity index (χ2v) is 7.48. The van der Waals surface area contributed by atoms with Crippen LogP contribution >= 0.6 is 0 Å². The minimum absolute atomic E-state index is 0.0765. The molecule has 2 aromatic rings. The lowest BCUT2D eigenvalue weighted by Crippen LogP contribution is -2.48. The number of esters is 1. The Morgan fingerprint density at radius 1 is 1.30 bits per heavy atom. The molecule has 1 unspecified atom stereocenters. The van der Waals surface area contributed by atoms with Gasteiger partial charge in [0, 0.05) is 51.5 Å². The molecule has 0 amide bonds. The van der Waals surface area contributed by atoms with Crippen molar-refractivity contribution in [3.8, 4) is 0 Å². The zero-order valence-corrected chi connectivity index (χ0v) is 18.1. The summed E-state index contributed by atoms with van der Waals surface area (Å²) in [6.07, 6.45) is 6.48. The molecule has 0 bridgehead atoms. The van der Waals surface area contributed by atoms with E-state index in [9.17, 15) is 4.79 Å². The molecular formula is C23H33N5O2. The molecule has 0 saturated carbocycles. The van der Waals surface area contributed by atoms with Crippen molar-refractivity contribution >= 4 is 11.9 Å². The molecule has 0 radical (unpaired) electrons. The van der Waals surface area contributed by atoms with E-state index in [1.165, 1.54) is 5.56 Å². The summed E-state index contributed by atoms with van der Waals surface area (Å²) in [5, 5.41) is 3.37. The summed E-state index contributed by atoms with van der Waals surface area (Å²) in [7, 11) is 0. The third kappa shape index (κ3) is 6.08. The Labute approximate surface area is 179 Å². The van der Waals surface area contributed by atoms with Gasteiger partial charge in [0.05, 0.1) is 12.5 Å². The average molecular weight is 412 g/mol. The monoisotopic (exact) mass is 411 g/mol. The van der Waals surface area contributed by atoms with Crippen LogP contribution in [-0.4, -0.2) is 59.2 Å². The highest BCUT2D eigenvalue weighted by atomic mass is 16.5. The SMILES string of the molecule is CCNC(=NCCc1nccn1Cc1ccccc1)N1CCCC(C(=O)OCC)C1. The largest absolute Gasteiger partial charge is 0.466 e. The molecule has 0 aliphatic carbocycles. The number of nitrogens with zero attached hydrogens (tertiary/aromatic N) is 4. The maximum atomic E-state index is 12.2. The summed E-state index contributed by atoms with van der Waals surface area (Å²) in [6.45, 7) is 8.17. The number of hydrogen-bond acceptors (Lipinski definition) is 4. The van der Waals surface area contributed by atoms with E-state index in [1.54, 1.807) is 0 Å². The number of carbonyl (C=O) groups is 1. The number of piperidine rings is 1. The first-order chi connectivity index (χ1) is 14.7. The highest BCUT2D eigenvalue weighted by Gasteiger charge is 2.28. The van der Waals surface area contributed by atoms with Crippen molar-refractivity contribution in [2.75, 3.05) is 32.8 Å². The molecule has 1 saturated heterocycles. The van der Waals surface area contributed by atoms with Crippen LogP contribution in [0.1, 0.15) is 38.1 Å². The lowest BCUT2D eigenvalue weighted by molar-refractivity contribution is -0.149. The molecule has 1 atom stereocenters. The number of rotatable bonds is 8. The number of aliphatic imine (C=N–C) groups is 1. The van der Waals surface area contributed by atoms with Crippen molar-refractivity contribution in [3.05, 3.63) is 54.1 Å². The Bertz CT molecular complexity index is 818. The lowest BCUT2D eigenvalue weighted by atomic mass is 9.98. The van der Waals surface area contributed by atoms with Crippen LogP contribution in [0.15, 0.2) is 47.7 Å². The minimum atomic E-state index is -0.0963. The second-order valence-electron chi connectivity index (χ2n) is 7.48. The second kappa shape index (κ2) is 11.4. The van der Waals surface area contributed by atoms with Crippen LogP contribution in [0, 0.1) is 5.92 Å². The predicted octanol–water partition coefficient (Wildman–Crippen LogP) is 2.71. The molecular weight excluding hydrogens is 378 g/mol.